The molecule has 6 rings (SSSR count). The van der Waals surface area contributed by atoms with E-state index < -0.39 is 6.09 Å². The van der Waals surface area contributed by atoms with E-state index in [0.717, 1.165) is 13.0 Å². The van der Waals surface area contributed by atoms with Crippen LogP contribution in [0.5, 0.6) is 5.88 Å². The van der Waals surface area contributed by atoms with E-state index in [9.17, 15) is 9.59 Å². The van der Waals surface area contributed by atoms with Gasteiger partial charge in [-0.3, -0.25) is 14.7 Å². The van der Waals surface area contributed by atoms with E-state index in [1.807, 2.05) is 65.2 Å². The van der Waals surface area contributed by atoms with Crippen LogP contribution in [0.4, 0.5) is 22.1 Å². The second kappa shape index (κ2) is 10.6. The van der Waals surface area contributed by atoms with E-state index >= 15 is 0 Å². The maximum atomic E-state index is 13.8. The molecule has 4 atom stereocenters. The summed E-state index contributed by atoms with van der Waals surface area (Å²) in [4.78, 5) is 41.4. The summed E-state index contributed by atoms with van der Waals surface area (Å²) in [6.07, 6.45) is 1.43. The molecule has 212 valence electrons. The molecule has 2 aliphatic rings. The summed E-state index contributed by atoms with van der Waals surface area (Å²) < 4.78 is 14.4. The van der Waals surface area contributed by atoms with Crippen molar-refractivity contribution in [2.75, 3.05) is 16.8 Å². The lowest BCUT2D eigenvalue weighted by molar-refractivity contribution is -0.118. The Morgan fingerprint density at radius 3 is 2.37 bits per heavy atom. The monoisotopic (exact) mass is 555 g/mol. The van der Waals surface area contributed by atoms with Gasteiger partial charge in [-0.2, -0.15) is 9.97 Å². The van der Waals surface area contributed by atoms with Crippen LogP contribution in [-0.4, -0.2) is 49.7 Å². The number of carbonyl (C=O) groups is 2. The van der Waals surface area contributed by atoms with Crippen molar-refractivity contribution in [3.05, 3.63) is 67.0 Å². The van der Waals surface area contributed by atoms with Crippen LogP contribution in [0.15, 0.2) is 67.0 Å². The van der Waals surface area contributed by atoms with Crippen LogP contribution in [0.1, 0.15) is 40.3 Å². The van der Waals surface area contributed by atoms with E-state index in [1.54, 1.807) is 20.2 Å². The number of nitrogens with one attached hydrogen (secondary N) is 2. The molecule has 2 amide bonds. The first-order valence-corrected chi connectivity index (χ1v) is 13.9. The number of ether oxygens (including phenoxy) is 2. The van der Waals surface area contributed by atoms with E-state index in [4.69, 9.17) is 9.47 Å². The molecule has 4 aromatic rings. The minimum Gasteiger partial charge on any atom is -0.388 e. The first-order chi connectivity index (χ1) is 19.8. The molecular weight excluding hydrogens is 522 g/mol. The van der Waals surface area contributed by atoms with Crippen molar-refractivity contribution >= 4 is 40.5 Å². The maximum absolute atomic E-state index is 13.8. The zero-order valence-corrected chi connectivity index (χ0v) is 23.4. The van der Waals surface area contributed by atoms with Crippen molar-refractivity contribution in [3.8, 4) is 5.88 Å². The molecule has 2 fully saturated rings. The first kappa shape index (κ1) is 26.9. The highest BCUT2D eigenvalue weighted by Gasteiger charge is 2.57. The third kappa shape index (κ3) is 4.70. The number of rotatable bonds is 7. The van der Waals surface area contributed by atoms with E-state index in [1.165, 1.54) is 4.90 Å². The predicted octanol–water partition coefficient (Wildman–Crippen LogP) is 5.04. The summed E-state index contributed by atoms with van der Waals surface area (Å²) in [5.74, 6) is -0.343. The second-order valence-electron chi connectivity index (χ2n) is 10.8. The Morgan fingerprint density at radius 1 is 1.12 bits per heavy atom. The summed E-state index contributed by atoms with van der Waals surface area (Å²) >= 11 is 0. The van der Waals surface area contributed by atoms with Gasteiger partial charge in [0.05, 0.1) is 29.3 Å². The number of aromatic nitrogens is 4. The van der Waals surface area contributed by atoms with E-state index in [2.05, 4.69) is 39.4 Å². The molecule has 41 heavy (non-hydrogen) atoms. The van der Waals surface area contributed by atoms with E-state index in [-0.39, 0.29) is 53.0 Å². The summed E-state index contributed by atoms with van der Waals surface area (Å²) in [7, 11) is 0. The van der Waals surface area contributed by atoms with Crippen molar-refractivity contribution in [2.24, 2.45) is 11.8 Å². The summed E-state index contributed by atoms with van der Waals surface area (Å²) in [5, 5.41) is 6.33. The molecule has 2 aliphatic heterocycles. The Kier molecular flexibility index (Phi) is 6.92. The molecule has 0 aliphatic carbocycles. The van der Waals surface area contributed by atoms with Gasteiger partial charge in [-0.25, -0.2) is 14.7 Å². The van der Waals surface area contributed by atoms with Crippen LogP contribution in [0.3, 0.4) is 0 Å². The molecule has 2 saturated heterocycles. The van der Waals surface area contributed by atoms with Crippen LogP contribution >= 0.6 is 0 Å². The van der Waals surface area contributed by atoms with Crippen LogP contribution < -0.4 is 20.3 Å². The number of anilines is 3. The quantitative estimate of drug-likeness (QED) is 0.325. The van der Waals surface area contributed by atoms with Gasteiger partial charge < -0.3 is 14.8 Å². The van der Waals surface area contributed by atoms with Crippen molar-refractivity contribution in [2.45, 2.75) is 52.0 Å². The molecule has 11 heteroatoms. The van der Waals surface area contributed by atoms with Gasteiger partial charge in [-0.05, 0) is 30.7 Å². The summed E-state index contributed by atoms with van der Waals surface area (Å²) in [5.41, 5.74) is 1.63. The Balaban J connectivity index is 1.41. The van der Waals surface area contributed by atoms with Gasteiger partial charge in [-0.1, -0.05) is 64.1 Å². The van der Waals surface area contributed by atoms with Crippen LogP contribution in [0.2, 0.25) is 0 Å². The smallest absolute Gasteiger partial charge is 0.388 e. The first-order valence-electron chi connectivity index (χ1n) is 13.9. The topological polar surface area (TPSA) is 124 Å². The number of nitrogens with zero attached hydrogens (tertiary/aromatic N) is 5. The molecule has 2 aromatic carbocycles. The molecule has 0 unspecified atom stereocenters. The average molecular weight is 556 g/mol. The summed E-state index contributed by atoms with van der Waals surface area (Å²) in [6, 6.07) is 18.4. The average Bonchev–Trinajstić information content (AvgIpc) is 3.63. The molecule has 11 nitrogen and oxygen atoms in total. The number of fused-ring (bicyclic) bond motifs is 3. The van der Waals surface area contributed by atoms with Crippen molar-refractivity contribution in [3.63, 3.8) is 0 Å². The highest BCUT2D eigenvalue weighted by Crippen LogP contribution is 2.48. The van der Waals surface area contributed by atoms with Gasteiger partial charge in [-0.15, -0.1) is 0 Å². The fourth-order valence-electron chi connectivity index (χ4n) is 5.63. The SMILES string of the molecule is CC[C@@]12CN[C@@H]([C@H](n3cnc4c(OC(=O)N(c5ccccc5)c5ccccc5)nc(NC(=O)C(C)C)nc43)O1)[C@@H]2C. The molecule has 0 radical (unpaired) electrons. The lowest BCUT2D eigenvalue weighted by Gasteiger charge is -2.31. The third-order valence-electron chi connectivity index (χ3n) is 8.08. The number of hydrogen-bond donors (Lipinski definition) is 2. The highest BCUT2D eigenvalue weighted by molar-refractivity contribution is 5.98. The van der Waals surface area contributed by atoms with Crippen LogP contribution in [0, 0.1) is 11.8 Å². The Bertz CT molecular complexity index is 1540. The second-order valence-corrected chi connectivity index (χ2v) is 10.8. The number of carbonyl (C=O) groups excluding carboxylic acids is 2. The molecule has 0 spiro atoms. The van der Waals surface area contributed by atoms with Crippen molar-refractivity contribution < 1.29 is 19.1 Å². The maximum Gasteiger partial charge on any atom is 0.425 e. The fraction of sp³-hybridized carbons (Fsp3) is 0.367. The normalized spacial score (nSPS) is 23.2. The number of hydrogen-bond acceptors (Lipinski definition) is 8. The largest absolute Gasteiger partial charge is 0.425 e. The zero-order valence-electron chi connectivity index (χ0n) is 23.4. The number of imidazole rings is 1. The number of para-hydroxylation sites is 2. The molecule has 0 saturated carbocycles. The Hall–Kier alpha value is -4.35. The highest BCUT2D eigenvalue weighted by atomic mass is 16.6. The zero-order chi connectivity index (χ0) is 28.7. The standard InChI is InChI=1S/C30H33N7O4/c1-5-30-16-31-22(19(30)4)27(41-30)36-17-32-23-24(36)33-28(34-25(38)18(2)3)35-26(23)40-29(39)37(20-12-8-6-9-13-20)21-14-10-7-11-15-21/h6-15,17-19,22,27,31H,5,16H2,1-4H3,(H,33,34,35,38)/t19-,22+,27+,30-/m0/s1. The van der Waals surface area contributed by atoms with Gasteiger partial charge in [0.15, 0.2) is 17.4 Å². The molecular formula is C30H33N7O4. The summed E-state index contributed by atoms with van der Waals surface area (Å²) in [6.45, 7) is 8.64. The lowest BCUT2D eigenvalue weighted by Crippen LogP contribution is -2.42. The molecule has 2 N–H and O–H groups in total. The van der Waals surface area contributed by atoms with Gasteiger partial charge in [0, 0.05) is 18.4 Å². The number of benzene rings is 2. The Labute approximate surface area is 237 Å². The Morgan fingerprint density at radius 2 is 1.78 bits per heavy atom. The molecule has 2 bridgehead atoms. The van der Waals surface area contributed by atoms with Crippen LogP contribution in [0.25, 0.3) is 11.2 Å². The number of amides is 2. The fourth-order valence-corrected chi connectivity index (χ4v) is 5.63. The van der Waals surface area contributed by atoms with Crippen molar-refractivity contribution in [1.82, 2.24) is 24.8 Å². The van der Waals surface area contributed by atoms with Gasteiger partial charge in [0.2, 0.25) is 11.9 Å². The van der Waals surface area contributed by atoms with Gasteiger partial charge in [0.1, 0.15) is 0 Å². The van der Waals surface area contributed by atoms with Crippen molar-refractivity contribution in [1.29, 1.82) is 0 Å². The third-order valence-corrected chi connectivity index (χ3v) is 8.08. The molecule has 4 heterocycles. The molecule has 2 aromatic heterocycles. The minimum absolute atomic E-state index is 0.0149. The van der Waals surface area contributed by atoms with Gasteiger partial charge in [0.25, 0.3) is 5.88 Å². The van der Waals surface area contributed by atoms with E-state index in [0.29, 0.717) is 17.0 Å². The van der Waals surface area contributed by atoms with Crippen LogP contribution in [-0.2, 0) is 9.53 Å². The van der Waals surface area contributed by atoms with Gasteiger partial charge >= 0.3 is 6.09 Å². The lowest BCUT2D eigenvalue weighted by atomic mass is 9.88. The number of morpholine rings is 1. The predicted molar refractivity (Wildman–Crippen MR) is 154 cm³/mol. The minimum atomic E-state index is -0.686.